The molecule has 0 bridgehead atoms. The second-order valence-corrected chi connectivity index (χ2v) is 3.28. The molecule has 0 fully saturated rings. The number of hydrogen-bond acceptors (Lipinski definition) is 3. The van der Waals surface area contributed by atoms with Gasteiger partial charge in [-0.1, -0.05) is 0 Å². The second kappa shape index (κ2) is 3.95. The Morgan fingerprint density at radius 1 is 1.62 bits per heavy atom. The number of aldehydes is 1. The van der Waals surface area contributed by atoms with E-state index < -0.39 is 6.43 Å². The first-order valence-electron chi connectivity index (χ1n) is 3.25. The molecule has 0 amide bonds. The fourth-order valence-electron chi connectivity index (χ4n) is 0.803. The number of anilines is 1. The van der Waals surface area contributed by atoms with Crippen LogP contribution in [0.2, 0.25) is 0 Å². The van der Waals surface area contributed by atoms with Gasteiger partial charge < -0.3 is 5.73 Å². The van der Waals surface area contributed by atoms with Crippen LogP contribution in [0.1, 0.15) is 22.5 Å². The molecule has 1 aromatic rings. The summed E-state index contributed by atoms with van der Waals surface area (Å²) in [6, 6.07) is 0.995. The van der Waals surface area contributed by atoms with Crippen molar-refractivity contribution >= 4 is 34.6 Å². The third-order valence-electron chi connectivity index (χ3n) is 1.42. The number of nitrogens with two attached hydrogens (primary N) is 1. The number of rotatable bonds is 2. The van der Waals surface area contributed by atoms with Crippen molar-refractivity contribution < 1.29 is 13.6 Å². The summed E-state index contributed by atoms with van der Waals surface area (Å²) in [5.74, 6) is 0. The van der Waals surface area contributed by atoms with Crippen LogP contribution in [-0.2, 0) is 0 Å². The lowest BCUT2D eigenvalue weighted by atomic mass is 10.2. The molecule has 2 N–H and O–H groups in total. The highest BCUT2D eigenvalue weighted by atomic mass is 127. The lowest BCUT2D eigenvalue weighted by molar-refractivity contribution is 0.111. The summed E-state index contributed by atoms with van der Waals surface area (Å²) in [5, 5.41) is 0. The molecule has 0 unspecified atom stereocenters. The van der Waals surface area contributed by atoms with E-state index in [-0.39, 0.29) is 20.6 Å². The SMILES string of the molecule is Nc1c(C(F)F)cc(C=O)nc1I. The predicted octanol–water partition coefficient (Wildman–Crippen LogP) is 2.02. The number of aromatic nitrogens is 1. The molecule has 0 saturated heterocycles. The van der Waals surface area contributed by atoms with Crippen LogP contribution in [0, 0.1) is 3.70 Å². The summed E-state index contributed by atoms with van der Waals surface area (Å²) in [4.78, 5) is 14.0. The van der Waals surface area contributed by atoms with Crippen LogP contribution in [-0.4, -0.2) is 11.3 Å². The maximum absolute atomic E-state index is 12.3. The summed E-state index contributed by atoms with van der Waals surface area (Å²) in [5.41, 5.74) is 4.89. The van der Waals surface area contributed by atoms with Crippen LogP contribution in [0.25, 0.3) is 0 Å². The number of pyridine rings is 1. The molecule has 0 aromatic carbocycles. The van der Waals surface area contributed by atoms with Crippen molar-refractivity contribution in [3.05, 3.63) is 21.0 Å². The Morgan fingerprint density at radius 3 is 2.69 bits per heavy atom. The van der Waals surface area contributed by atoms with Gasteiger partial charge in [0.2, 0.25) is 0 Å². The van der Waals surface area contributed by atoms with E-state index in [1.165, 1.54) is 0 Å². The van der Waals surface area contributed by atoms with E-state index in [1.54, 1.807) is 22.6 Å². The molecule has 13 heavy (non-hydrogen) atoms. The molecule has 1 aromatic heterocycles. The van der Waals surface area contributed by atoms with E-state index in [0.29, 0.717) is 6.29 Å². The van der Waals surface area contributed by atoms with E-state index in [1.807, 2.05) is 0 Å². The van der Waals surface area contributed by atoms with Gasteiger partial charge in [-0.2, -0.15) is 0 Å². The van der Waals surface area contributed by atoms with Crippen LogP contribution in [0.3, 0.4) is 0 Å². The molecule has 0 aliphatic heterocycles. The van der Waals surface area contributed by atoms with Crippen molar-refractivity contribution in [1.29, 1.82) is 0 Å². The third-order valence-corrected chi connectivity index (χ3v) is 2.24. The van der Waals surface area contributed by atoms with E-state index in [0.717, 1.165) is 6.07 Å². The molecule has 1 heterocycles. The lowest BCUT2D eigenvalue weighted by Gasteiger charge is -2.06. The molecule has 6 heteroatoms. The Kier molecular flexibility index (Phi) is 3.12. The zero-order valence-electron chi connectivity index (χ0n) is 6.30. The molecule has 1 rings (SSSR count). The highest BCUT2D eigenvalue weighted by Crippen LogP contribution is 2.27. The second-order valence-electron chi connectivity index (χ2n) is 2.26. The van der Waals surface area contributed by atoms with Gasteiger partial charge in [0.1, 0.15) is 9.39 Å². The Hall–Kier alpha value is -0.790. The van der Waals surface area contributed by atoms with Crippen molar-refractivity contribution in [2.45, 2.75) is 6.43 Å². The van der Waals surface area contributed by atoms with Gasteiger partial charge >= 0.3 is 0 Å². The minimum atomic E-state index is -2.68. The first-order valence-corrected chi connectivity index (χ1v) is 4.33. The summed E-state index contributed by atoms with van der Waals surface area (Å²) in [6.45, 7) is 0. The van der Waals surface area contributed by atoms with Crippen molar-refractivity contribution in [2.75, 3.05) is 5.73 Å². The van der Waals surface area contributed by atoms with E-state index in [4.69, 9.17) is 5.73 Å². The fourth-order valence-corrected chi connectivity index (χ4v) is 1.39. The maximum atomic E-state index is 12.3. The molecular formula is C7H5F2IN2O. The number of hydrogen-bond donors (Lipinski definition) is 1. The Balaban J connectivity index is 3.32. The first-order chi connectivity index (χ1) is 6.06. The van der Waals surface area contributed by atoms with Gasteiger partial charge in [0.05, 0.1) is 5.69 Å². The molecule has 0 radical (unpaired) electrons. The van der Waals surface area contributed by atoms with Crippen LogP contribution < -0.4 is 5.73 Å². The average molecular weight is 298 g/mol. The predicted molar refractivity (Wildman–Crippen MR) is 51.7 cm³/mol. The van der Waals surface area contributed by atoms with Gasteiger partial charge in [0, 0.05) is 5.56 Å². The number of halogens is 3. The highest BCUT2D eigenvalue weighted by molar-refractivity contribution is 14.1. The summed E-state index contributed by atoms with van der Waals surface area (Å²) in [7, 11) is 0. The molecular weight excluding hydrogens is 293 g/mol. The molecule has 0 aliphatic rings. The van der Waals surface area contributed by atoms with Crippen molar-refractivity contribution in [1.82, 2.24) is 4.98 Å². The van der Waals surface area contributed by atoms with E-state index in [2.05, 4.69) is 4.98 Å². The molecule has 0 aliphatic carbocycles. The fraction of sp³-hybridized carbons (Fsp3) is 0.143. The number of alkyl halides is 2. The quantitative estimate of drug-likeness (QED) is 0.516. The standard InChI is InChI=1S/C7H5F2IN2O/c8-6(9)4-1-3(2-13)12-7(10)5(4)11/h1-2,6H,11H2. The van der Waals surface area contributed by atoms with Crippen LogP contribution in [0.15, 0.2) is 6.07 Å². The van der Waals surface area contributed by atoms with Gasteiger partial charge in [-0.05, 0) is 28.7 Å². The summed E-state index contributed by atoms with van der Waals surface area (Å²) in [6.07, 6.45) is -2.27. The molecule has 70 valence electrons. The van der Waals surface area contributed by atoms with E-state index in [9.17, 15) is 13.6 Å². The minimum Gasteiger partial charge on any atom is -0.396 e. The highest BCUT2D eigenvalue weighted by Gasteiger charge is 2.15. The summed E-state index contributed by atoms with van der Waals surface area (Å²) >= 11 is 1.70. The van der Waals surface area contributed by atoms with Crippen LogP contribution in [0.4, 0.5) is 14.5 Å². The zero-order chi connectivity index (χ0) is 10.0. The molecule has 0 saturated carbocycles. The van der Waals surface area contributed by atoms with Gasteiger partial charge in [0.25, 0.3) is 6.43 Å². The van der Waals surface area contributed by atoms with Crippen molar-refractivity contribution in [2.24, 2.45) is 0 Å². The molecule has 3 nitrogen and oxygen atoms in total. The smallest absolute Gasteiger partial charge is 0.266 e. The Labute approximate surface area is 86.5 Å². The normalized spacial score (nSPS) is 10.5. The van der Waals surface area contributed by atoms with Crippen molar-refractivity contribution in [3.63, 3.8) is 0 Å². The third kappa shape index (κ3) is 2.11. The van der Waals surface area contributed by atoms with Crippen LogP contribution in [0.5, 0.6) is 0 Å². The van der Waals surface area contributed by atoms with Crippen LogP contribution >= 0.6 is 22.6 Å². The average Bonchev–Trinajstić information content (AvgIpc) is 2.09. The van der Waals surface area contributed by atoms with E-state index >= 15 is 0 Å². The minimum absolute atomic E-state index is 0.0334. The summed E-state index contributed by atoms with van der Waals surface area (Å²) < 4.78 is 24.8. The monoisotopic (exact) mass is 298 g/mol. The molecule has 0 spiro atoms. The van der Waals surface area contributed by atoms with Gasteiger partial charge in [0.15, 0.2) is 6.29 Å². The van der Waals surface area contributed by atoms with Gasteiger partial charge in [-0.3, -0.25) is 4.79 Å². The lowest BCUT2D eigenvalue weighted by Crippen LogP contribution is -2.03. The van der Waals surface area contributed by atoms with Crippen molar-refractivity contribution in [3.8, 4) is 0 Å². The number of nitrogens with zero attached hydrogens (tertiary/aromatic N) is 1. The topological polar surface area (TPSA) is 56.0 Å². The van der Waals surface area contributed by atoms with Gasteiger partial charge in [-0.15, -0.1) is 0 Å². The molecule has 0 atom stereocenters. The number of nitrogen functional groups attached to an aromatic ring is 1. The first kappa shape index (κ1) is 10.3. The Bertz CT molecular complexity index is 344. The largest absolute Gasteiger partial charge is 0.396 e. The van der Waals surface area contributed by atoms with Gasteiger partial charge in [-0.25, -0.2) is 13.8 Å². The zero-order valence-corrected chi connectivity index (χ0v) is 8.46. The number of carbonyl (C=O) groups excluding carboxylic acids is 1. The maximum Gasteiger partial charge on any atom is 0.266 e. The Morgan fingerprint density at radius 2 is 2.23 bits per heavy atom. The number of carbonyl (C=O) groups is 1.